The highest BCUT2D eigenvalue weighted by Crippen LogP contribution is 2.16. The molecule has 5 nitrogen and oxygen atoms in total. The zero-order chi connectivity index (χ0) is 16.9. The van der Waals surface area contributed by atoms with E-state index in [4.69, 9.17) is 0 Å². The Morgan fingerprint density at radius 2 is 2.00 bits per heavy atom. The molecule has 0 spiro atoms. The molecule has 1 aromatic heterocycles. The summed E-state index contributed by atoms with van der Waals surface area (Å²) < 4.78 is 27.3. The molecule has 0 bridgehead atoms. The van der Waals surface area contributed by atoms with E-state index < -0.39 is 10.0 Å². The van der Waals surface area contributed by atoms with Crippen LogP contribution in [0.2, 0.25) is 0 Å². The summed E-state index contributed by atoms with van der Waals surface area (Å²) in [4.78, 5) is 6.28. The van der Waals surface area contributed by atoms with Gasteiger partial charge in [-0.1, -0.05) is 12.1 Å². The quantitative estimate of drug-likeness (QED) is 0.846. The van der Waals surface area contributed by atoms with E-state index in [1.165, 1.54) is 11.8 Å². The first-order valence-corrected chi connectivity index (χ1v) is 9.14. The summed E-state index contributed by atoms with van der Waals surface area (Å²) in [5, 5.41) is 0. The van der Waals surface area contributed by atoms with Crippen LogP contribution in [0, 0.1) is 13.8 Å². The molecule has 124 valence electrons. The Bertz CT molecular complexity index is 760. The van der Waals surface area contributed by atoms with Crippen molar-refractivity contribution in [2.24, 2.45) is 0 Å². The Morgan fingerprint density at radius 3 is 2.65 bits per heavy atom. The molecule has 0 aliphatic carbocycles. The second-order valence-corrected chi connectivity index (χ2v) is 7.19. The zero-order valence-corrected chi connectivity index (χ0v) is 14.6. The number of nitrogens with zero attached hydrogens (tertiary/aromatic N) is 2. The third-order valence-corrected chi connectivity index (χ3v) is 5.29. The lowest BCUT2D eigenvalue weighted by atomic mass is 10.2. The molecule has 0 saturated heterocycles. The van der Waals surface area contributed by atoms with Crippen molar-refractivity contribution in [2.45, 2.75) is 25.7 Å². The fourth-order valence-electron chi connectivity index (χ4n) is 2.42. The van der Waals surface area contributed by atoms with Crippen molar-refractivity contribution in [3.05, 3.63) is 53.9 Å². The van der Waals surface area contributed by atoms with Gasteiger partial charge in [-0.15, -0.1) is 0 Å². The molecule has 2 aromatic rings. The van der Waals surface area contributed by atoms with Crippen LogP contribution in [-0.2, 0) is 10.0 Å². The molecule has 1 aromatic carbocycles. The maximum atomic E-state index is 12.3. The van der Waals surface area contributed by atoms with Crippen LogP contribution in [-0.4, -0.2) is 33.0 Å². The van der Waals surface area contributed by atoms with Crippen LogP contribution in [0.4, 0.5) is 5.69 Å². The van der Waals surface area contributed by atoms with Gasteiger partial charge in [-0.2, -0.15) is 0 Å². The summed E-state index contributed by atoms with van der Waals surface area (Å²) >= 11 is 0. The molecule has 0 amide bonds. The molecule has 1 heterocycles. The lowest BCUT2D eigenvalue weighted by Gasteiger charge is -2.23. The number of hydrogen-bond donors (Lipinski definition) is 1. The second-order valence-electron chi connectivity index (χ2n) is 5.46. The average molecular weight is 333 g/mol. The predicted molar refractivity (Wildman–Crippen MR) is 93.2 cm³/mol. The molecule has 6 heteroatoms. The fraction of sp³-hybridized carbons (Fsp3) is 0.353. The summed E-state index contributed by atoms with van der Waals surface area (Å²) in [5.74, 6) is 0. The number of aromatic nitrogens is 1. The van der Waals surface area contributed by atoms with Crippen LogP contribution in [0.15, 0.2) is 47.6 Å². The highest BCUT2D eigenvalue weighted by atomic mass is 32.2. The Labute approximate surface area is 138 Å². The van der Waals surface area contributed by atoms with Gasteiger partial charge in [0.15, 0.2) is 0 Å². The van der Waals surface area contributed by atoms with Gasteiger partial charge >= 0.3 is 0 Å². The van der Waals surface area contributed by atoms with E-state index in [9.17, 15) is 8.42 Å². The smallest absolute Gasteiger partial charge is 0.242 e. The first-order chi connectivity index (χ1) is 10.9. The van der Waals surface area contributed by atoms with Gasteiger partial charge in [-0.05, 0) is 50.1 Å². The molecule has 0 aliphatic rings. The molecule has 1 N–H and O–H groups in total. The number of anilines is 1. The molecule has 0 atom stereocenters. The van der Waals surface area contributed by atoms with Crippen molar-refractivity contribution in [1.82, 2.24) is 9.71 Å². The van der Waals surface area contributed by atoms with E-state index >= 15 is 0 Å². The number of rotatable bonds is 7. The summed E-state index contributed by atoms with van der Waals surface area (Å²) in [6.45, 7) is 7.64. The fourth-order valence-corrected chi connectivity index (χ4v) is 3.63. The molecule has 2 rings (SSSR count). The van der Waals surface area contributed by atoms with Crippen molar-refractivity contribution in [1.29, 1.82) is 0 Å². The highest BCUT2D eigenvalue weighted by molar-refractivity contribution is 7.89. The molecule has 0 unspecified atom stereocenters. The van der Waals surface area contributed by atoms with E-state index in [1.807, 2.05) is 25.1 Å². The van der Waals surface area contributed by atoms with Crippen molar-refractivity contribution < 1.29 is 8.42 Å². The summed E-state index contributed by atoms with van der Waals surface area (Å²) in [5.41, 5.74) is 2.98. The van der Waals surface area contributed by atoms with Crippen LogP contribution in [0.1, 0.15) is 18.1 Å². The molecule has 0 saturated carbocycles. The second kappa shape index (κ2) is 7.57. The summed E-state index contributed by atoms with van der Waals surface area (Å²) in [6.07, 6.45) is 2.97. The Hall–Kier alpha value is -1.92. The monoisotopic (exact) mass is 333 g/mol. The van der Waals surface area contributed by atoms with Gasteiger partial charge in [0.2, 0.25) is 10.0 Å². The number of likely N-dealkylation sites (N-methyl/N-ethyl adjacent to an activating group) is 1. The van der Waals surface area contributed by atoms with E-state index in [0.29, 0.717) is 18.7 Å². The standard InChI is InChI=1S/C17H23N3O2S/c1-4-20(16-7-5-6-14(2)12-16)11-10-19-23(21,22)17-13-18-9-8-15(17)3/h5-9,12-13,19H,4,10-11H2,1-3H3. The normalized spacial score (nSPS) is 11.4. The van der Waals surface area contributed by atoms with Crippen LogP contribution in [0.5, 0.6) is 0 Å². The molecule has 0 radical (unpaired) electrons. The van der Waals surface area contributed by atoms with Gasteiger partial charge in [-0.25, -0.2) is 13.1 Å². The van der Waals surface area contributed by atoms with Gasteiger partial charge < -0.3 is 4.90 Å². The predicted octanol–water partition coefficient (Wildman–Crippen LogP) is 2.50. The number of benzene rings is 1. The lowest BCUT2D eigenvalue weighted by molar-refractivity contribution is 0.579. The van der Waals surface area contributed by atoms with Gasteiger partial charge in [0.25, 0.3) is 0 Å². The third-order valence-electron chi connectivity index (χ3n) is 3.70. The number of aryl methyl sites for hydroxylation is 2. The largest absolute Gasteiger partial charge is 0.370 e. The Kier molecular flexibility index (Phi) is 5.74. The third kappa shape index (κ3) is 4.53. The Morgan fingerprint density at radius 1 is 1.22 bits per heavy atom. The first kappa shape index (κ1) is 17.4. The minimum Gasteiger partial charge on any atom is -0.370 e. The van der Waals surface area contributed by atoms with E-state index in [2.05, 4.69) is 27.6 Å². The zero-order valence-electron chi connectivity index (χ0n) is 13.8. The number of nitrogens with one attached hydrogen (secondary N) is 1. The number of pyridine rings is 1. The summed E-state index contributed by atoms with van der Waals surface area (Å²) in [7, 11) is -3.52. The number of sulfonamides is 1. The number of hydrogen-bond acceptors (Lipinski definition) is 4. The van der Waals surface area contributed by atoms with E-state index in [1.54, 1.807) is 19.2 Å². The van der Waals surface area contributed by atoms with Crippen molar-refractivity contribution >= 4 is 15.7 Å². The van der Waals surface area contributed by atoms with Gasteiger partial charge in [0.1, 0.15) is 4.90 Å². The molecule has 0 aliphatic heterocycles. The molecular formula is C17H23N3O2S. The van der Waals surface area contributed by atoms with Crippen molar-refractivity contribution in [3.8, 4) is 0 Å². The van der Waals surface area contributed by atoms with E-state index in [0.717, 1.165) is 12.2 Å². The van der Waals surface area contributed by atoms with Crippen LogP contribution < -0.4 is 9.62 Å². The van der Waals surface area contributed by atoms with Gasteiger partial charge in [-0.3, -0.25) is 4.98 Å². The Balaban J connectivity index is 2.02. The topological polar surface area (TPSA) is 62.3 Å². The SMILES string of the molecule is CCN(CCNS(=O)(=O)c1cnccc1C)c1cccc(C)c1. The van der Waals surface area contributed by atoms with E-state index in [-0.39, 0.29) is 4.90 Å². The molecular weight excluding hydrogens is 310 g/mol. The lowest BCUT2D eigenvalue weighted by Crippen LogP contribution is -2.35. The maximum Gasteiger partial charge on any atom is 0.242 e. The highest BCUT2D eigenvalue weighted by Gasteiger charge is 2.16. The van der Waals surface area contributed by atoms with Crippen molar-refractivity contribution in [2.75, 3.05) is 24.5 Å². The first-order valence-electron chi connectivity index (χ1n) is 7.66. The summed E-state index contributed by atoms with van der Waals surface area (Å²) in [6, 6.07) is 9.89. The van der Waals surface area contributed by atoms with Gasteiger partial charge in [0.05, 0.1) is 0 Å². The van der Waals surface area contributed by atoms with Crippen LogP contribution in [0.3, 0.4) is 0 Å². The maximum absolute atomic E-state index is 12.3. The molecule has 23 heavy (non-hydrogen) atoms. The minimum atomic E-state index is -3.52. The van der Waals surface area contributed by atoms with Crippen LogP contribution in [0.25, 0.3) is 0 Å². The van der Waals surface area contributed by atoms with Crippen LogP contribution >= 0.6 is 0 Å². The minimum absolute atomic E-state index is 0.235. The molecule has 0 fully saturated rings. The average Bonchev–Trinajstić information content (AvgIpc) is 2.52. The van der Waals surface area contributed by atoms with Gasteiger partial charge in [0, 0.05) is 37.7 Å². The van der Waals surface area contributed by atoms with Crippen molar-refractivity contribution in [3.63, 3.8) is 0 Å².